The van der Waals surface area contributed by atoms with E-state index in [0.29, 0.717) is 10.0 Å². The normalized spacial score (nSPS) is 10.6. The number of nitrogens with zero attached hydrogens (tertiary/aromatic N) is 2. The number of halogens is 5. The van der Waals surface area contributed by atoms with Crippen molar-refractivity contribution in [3.63, 3.8) is 0 Å². The first kappa shape index (κ1) is 13.0. The first-order chi connectivity index (χ1) is 7.99. The molecule has 0 fully saturated rings. The average Bonchev–Trinajstić information content (AvgIpc) is 2.25. The minimum absolute atomic E-state index is 0.167. The van der Waals surface area contributed by atoms with E-state index in [1.54, 1.807) is 0 Å². The van der Waals surface area contributed by atoms with Gasteiger partial charge in [0, 0.05) is 5.56 Å². The Labute approximate surface area is 120 Å². The van der Waals surface area contributed by atoms with Gasteiger partial charge in [0.15, 0.2) is 5.82 Å². The summed E-state index contributed by atoms with van der Waals surface area (Å²) in [6.07, 6.45) is 0. The number of benzene rings is 1. The molecule has 0 amide bonds. The van der Waals surface area contributed by atoms with E-state index in [9.17, 15) is 4.39 Å². The maximum atomic E-state index is 12.9. The molecule has 0 unspecified atom stereocenters. The zero-order valence-electron chi connectivity index (χ0n) is 8.02. The van der Waals surface area contributed by atoms with Gasteiger partial charge in [0.2, 0.25) is 0 Å². The Bertz CT molecular complexity index is 569. The second-order valence-corrected chi connectivity index (χ2v) is 4.98. The standard InChI is InChI=1S/C10H3BrCl3FN2/c11-7-8(13)16-10(17-9(7)14)5-2-1-4(15)3-6(5)12/h1-3H. The van der Waals surface area contributed by atoms with Crippen LogP contribution in [-0.2, 0) is 0 Å². The van der Waals surface area contributed by atoms with Crippen LogP contribution in [0.15, 0.2) is 22.7 Å². The minimum atomic E-state index is -0.437. The molecule has 1 aromatic heterocycles. The minimum Gasteiger partial charge on any atom is -0.215 e. The van der Waals surface area contributed by atoms with Gasteiger partial charge in [-0.1, -0.05) is 34.8 Å². The molecule has 0 saturated carbocycles. The fourth-order valence-electron chi connectivity index (χ4n) is 1.19. The Morgan fingerprint density at radius 1 is 1.06 bits per heavy atom. The van der Waals surface area contributed by atoms with Crippen LogP contribution in [0.3, 0.4) is 0 Å². The van der Waals surface area contributed by atoms with Gasteiger partial charge in [-0.05, 0) is 34.1 Å². The Balaban J connectivity index is 2.61. The maximum absolute atomic E-state index is 12.9. The van der Waals surface area contributed by atoms with Crippen molar-refractivity contribution in [3.8, 4) is 11.4 Å². The molecule has 0 bridgehead atoms. The van der Waals surface area contributed by atoms with Crippen molar-refractivity contribution in [2.45, 2.75) is 0 Å². The van der Waals surface area contributed by atoms with Gasteiger partial charge in [0.05, 0.1) is 9.50 Å². The van der Waals surface area contributed by atoms with E-state index in [2.05, 4.69) is 25.9 Å². The van der Waals surface area contributed by atoms with Gasteiger partial charge in [0.1, 0.15) is 16.1 Å². The van der Waals surface area contributed by atoms with Gasteiger partial charge in [-0.2, -0.15) is 0 Å². The fourth-order valence-corrected chi connectivity index (χ4v) is 2.00. The Hall–Kier alpha value is -0.420. The predicted octanol–water partition coefficient (Wildman–Crippen LogP) is 5.01. The Morgan fingerprint density at radius 3 is 2.18 bits per heavy atom. The molecular weight excluding hydrogens is 353 g/mol. The van der Waals surface area contributed by atoms with Crippen molar-refractivity contribution < 1.29 is 4.39 Å². The van der Waals surface area contributed by atoms with E-state index in [-0.39, 0.29) is 21.2 Å². The summed E-state index contributed by atoms with van der Waals surface area (Å²) in [5, 5.41) is 0.528. The van der Waals surface area contributed by atoms with Gasteiger partial charge in [-0.25, -0.2) is 14.4 Å². The molecule has 7 heteroatoms. The molecule has 1 aromatic carbocycles. The van der Waals surface area contributed by atoms with Crippen LogP contribution in [-0.4, -0.2) is 9.97 Å². The van der Waals surface area contributed by atoms with E-state index in [4.69, 9.17) is 34.8 Å². The lowest BCUT2D eigenvalue weighted by Crippen LogP contribution is -1.93. The topological polar surface area (TPSA) is 25.8 Å². The molecule has 0 spiro atoms. The summed E-state index contributed by atoms with van der Waals surface area (Å²) in [5.74, 6) is -0.193. The van der Waals surface area contributed by atoms with Crippen LogP contribution in [0, 0.1) is 5.82 Å². The maximum Gasteiger partial charge on any atom is 0.164 e. The first-order valence-corrected chi connectivity index (χ1v) is 6.25. The highest BCUT2D eigenvalue weighted by Crippen LogP contribution is 2.32. The predicted molar refractivity (Wildman–Crippen MR) is 70.2 cm³/mol. The van der Waals surface area contributed by atoms with Crippen LogP contribution in [0.4, 0.5) is 4.39 Å². The van der Waals surface area contributed by atoms with Crippen molar-refractivity contribution in [1.29, 1.82) is 0 Å². The third-order valence-corrected chi connectivity index (χ3v) is 4.01. The lowest BCUT2D eigenvalue weighted by molar-refractivity contribution is 0.628. The van der Waals surface area contributed by atoms with Crippen LogP contribution in [0.1, 0.15) is 0 Å². The molecule has 0 aliphatic heterocycles. The summed E-state index contributed by atoms with van der Waals surface area (Å²) < 4.78 is 13.3. The SMILES string of the molecule is Fc1ccc(-c2nc(Cl)c(Br)c(Cl)n2)c(Cl)c1. The molecule has 2 rings (SSSR count). The molecule has 88 valence electrons. The molecule has 0 aliphatic carbocycles. The first-order valence-electron chi connectivity index (χ1n) is 4.33. The van der Waals surface area contributed by atoms with Crippen LogP contribution in [0.5, 0.6) is 0 Å². The summed E-state index contributed by atoms with van der Waals surface area (Å²) in [6, 6.07) is 3.89. The highest BCUT2D eigenvalue weighted by molar-refractivity contribution is 9.10. The van der Waals surface area contributed by atoms with Crippen LogP contribution < -0.4 is 0 Å². The highest BCUT2D eigenvalue weighted by atomic mass is 79.9. The fraction of sp³-hybridized carbons (Fsp3) is 0. The largest absolute Gasteiger partial charge is 0.215 e. The summed E-state index contributed by atoms with van der Waals surface area (Å²) >= 11 is 20.7. The number of rotatable bonds is 1. The summed E-state index contributed by atoms with van der Waals surface area (Å²) in [7, 11) is 0. The third kappa shape index (κ3) is 2.71. The van der Waals surface area contributed by atoms with Crippen LogP contribution in [0.2, 0.25) is 15.3 Å². The molecule has 2 aromatic rings. The van der Waals surface area contributed by atoms with Gasteiger partial charge < -0.3 is 0 Å². The quantitative estimate of drug-likeness (QED) is 0.672. The van der Waals surface area contributed by atoms with Crippen LogP contribution in [0.25, 0.3) is 11.4 Å². The zero-order chi connectivity index (χ0) is 12.6. The molecule has 2 nitrogen and oxygen atoms in total. The van der Waals surface area contributed by atoms with Crippen molar-refractivity contribution in [2.75, 3.05) is 0 Å². The van der Waals surface area contributed by atoms with Crippen LogP contribution >= 0.6 is 50.7 Å². The van der Waals surface area contributed by atoms with Gasteiger partial charge in [-0.3, -0.25) is 0 Å². The number of hydrogen-bond acceptors (Lipinski definition) is 2. The van der Waals surface area contributed by atoms with E-state index in [1.807, 2.05) is 0 Å². The van der Waals surface area contributed by atoms with E-state index in [0.717, 1.165) is 0 Å². The lowest BCUT2D eigenvalue weighted by atomic mass is 10.2. The molecule has 0 saturated heterocycles. The Morgan fingerprint density at radius 2 is 1.65 bits per heavy atom. The summed E-state index contributed by atoms with van der Waals surface area (Å²) in [5.41, 5.74) is 0.462. The smallest absolute Gasteiger partial charge is 0.164 e. The molecule has 0 aliphatic rings. The monoisotopic (exact) mass is 354 g/mol. The third-order valence-electron chi connectivity index (χ3n) is 1.94. The average molecular weight is 356 g/mol. The highest BCUT2D eigenvalue weighted by Gasteiger charge is 2.13. The lowest BCUT2D eigenvalue weighted by Gasteiger charge is -2.05. The number of aromatic nitrogens is 2. The van der Waals surface area contributed by atoms with Gasteiger partial charge in [0.25, 0.3) is 0 Å². The zero-order valence-corrected chi connectivity index (χ0v) is 11.9. The molecule has 1 heterocycles. The van der Waals surface area contributed by atoms with E-state index >= 15 is 0 Å². The van der Waals surface area contributed by atoms with Gasteiger partial charge >= 0.3 is 0 Å². The van der Waals surface area contributed by atoms with Crippen molar-refractivity contribution in [2.24, 2.45) is 0 Å². The molecule has 0 radical (unpaired) electrons. The Kier molecular flexibility index (Phi) is 3.88. The van der Waals surface area contributed by atoms with E-state index < -0.39 is 5.82 Å². The second kappa shape index (κ2) is 5.06. The molecular formula is C10H3BrCl3FN2. The molecule has 17 heavy (non-hydrogen) atoms. The molecule has 0 atom stereocenters. The van der Waals surface area contributed by atoms with E-state index in [1.165, 1.54) is 18.2 Å². The van der Waals surface area contributed by atoms with Gasteiger partial charge in [-0.15, -0.1) is 0 Å². The summed E-state index contributed by atoms with van der Waals surface area (Å²) in [6.45, 7) is 0. The van der Waals surface area contributed by atoms with Crippen molar-refractivity contribution in [1.82, 2.24) is 9.97 Å². The van der Waals surface area contributed by atoms with Crippen molar-refractivity contribution in [3.05, 3.63) is 43.8 Å². The number of hydrogen-bond donors (Lipinski definition) is 0. The summed E-state index contributed by atoms with van der Waals surface area (Å²) in [4.78, 5) is 8.02. The second-order valence-electron chi connectivity index (χ2n) is 3.07. The molecule has 0 N–H and O–H groups in total. The van der Waals surface area contributed by atoms with Crippen molar-refractivity contribution >= 4 is 50.7 Å².